The van der Waals surface area contributed by atoms with Crippen molar-refractivity contribution in [3.63, 3.8) is 0 Å². The van der Waals surface area contributed by atoms with Crippen molar-refractivity contribution >= 4 is 33.3 Å². The number of nitrogens with one attached hydrogen (secondary N) is 1. The molecule has 1 amide bonds. The minimum atomic E-state index is -0.479. The van der Waals surface area contributed by atoms with Crippen molar-refractivity contribution in [2.24, 2.45) is 7.05 Å². The number of amides is 1. The van der Waals surface area contributed by atoms with E-state index in [0.717, 1.165) is 15.7 Å². The van der Waals surface area contributed by atoms with Crippen molar-refractivity contribution < 1.29 is 9.53 Å². The van der Waals surface area contributed by atoms with Crippen LogP contribution in [0.5, 0.6) is 5.75 Å². The molecule has 0 aliphatic carbocycles. The first-order valence-electron chi connectivity index (χ1n) is 6.07. The predicted octanol–water partition coefficient (Wildman–Crippen LogP) is 2.15. The van der Waals surface area contributed by atoms with E-state index in [1.54, 1.807) is 11.6 Å². The number of nitrogen functional groups attached to an aromatic ring is 1. The van der Waals surface area contributed by atoms with Crippen LogP contribution < -0.4 is 15.8 Å². The SMILES string of the molecule is CC1Oc2ccc(-c3c(Br)c(N)nn3C)cc2NC1=O. The van der Waals surface area contributed by atoms with Gasteiger partial charge in [-0.25, -0.2) is 0 Å². The van der Waals surface area contributed by atoms with Gasteiger partial charge >= 0.3 is 0 Å². The molecule has 1 aromatic carbocycles. The lowest BCUT2D eigenvalue weighted by Crippen LogP contribution is -2.34. The van der Waals surface area contributed by atoms with Crippen molar-refractivity contribution in [1.29, 1.82) is 0 Å². The number of aryl methyl sites for hydroxylation is 1. The average molecular weight is 337 g/mol. The molecule has 104 valence electrons. The number of nitrogens with zero attached hydrogens (tertiary/aromatic N) is 2. The van der Waals surface area contributed by atoms with Crippen LogP contribution in [0, 0.1) is 0 Å². The lowest BCUT2D eigenvalue weighted by Gasteiger charge is -2.23. The largest absolute Gasteiger partial charge is 0.479 e. The monoisotopic (exact) mass is 336 g/mol. The highest BCUT2D eigenvalue weighted by Gasteiger charge is 2.24. The molecule has 3 rings (SSSR count). The second-order valence-corrected chi connectivity index (χ2v) is 5.42. The highest BCUT2D eigenvalue weighted by molar-refractivity contribution is 9.10. The molecule has 1 aromatic heterocycles. The Morgan fingerprint density at radius 3 is 2.90 bits per heavy atom. The molecule has 0 saturated heterocycles. The first kappa shape index (κ1) is 13.0. The fourth-order valence-corrected chi connectivity index (χ4v) is 2.75. The number of benzene rings is 1. The fraction of sp³-hybridized carbons (Fsp3) is 0.231. The number of ether oxygens (including phenoxy) is 1. The minimum absolute atomic E-state index is 0.154. The number of anilines is 2. The van der Waals surface area contributed by atoms with Gasteiger partial charge in [-0.15, -0.1) is 0 Å². The maximum atomic E-state index is 11.7. The summed E-state index contributed by atoms with van der Waals surface area (Å²) in [5.74, 6) is 0.930. The quantitative estimate of drug-likeness (QED) is 0.835. The molecular weight excluding hydrogens is 324 g/mol. The number of nitrogens with two attached hydrogens (primary N) is 1. The van der Waals surface area contributed by atoms with E-state index < -0.39 is 6.10 Å². The zero-order valence-corrected chi connectivity index (χ0v) is 12.6. The molecule has 1 unspecified atom stereocenters. The number of fused-ring (bicyclic) bond motifs is 1. The van der Waals surface area contributed by atoms with Crippen LogP contribution in [0.15, 0.2) is 22.7 Å². The van der Waals surface area contributed by atoms with Gasteiger partial charge in [-0.2, -0.15) is 5.10 Å². The summed E-state index contributed by atoms with van der Waals surface area (Å²) in [6.45, 7) is 1.71. The molecule has 1 aliphatic rings. The summed E-state index contributed by atoms with van der Waals surface area (Å²) in [7, 11) is 1.81. The van der Waals surface area contributed by atoms with E-state index in [2.05, 4.69) is 26.3 Å². The highest BCUT2D eigenvalue weighted by atomic mass is 79.9. The third-order valence-electron chi connectivity index (χ3n) is 3.20. The molecular formula is C13H13BrN4O2. The van der Waals surface area contributed by atoms with Crippen molar-refractivity contribution in [2.75, 3.05) is 11.1 Å². The van der Waals surface area contributed by atoms with E-state index in [1.807, 2.05) is 25.2 Å². The molecule has 0 bridgehead atoms. The Bertz CT molecular complexity index is 711. The van der Waals surface area contributed by atoms with Gasteiger partial charge in [0, 0.05) is 12.6 Å². The van der Waals surface area contributed by atoms with Crippen LogP contribution in [0.1, 0.15) is 6.92 Å². The zero-order chi connectivity index (χ0) is 14.4. The van der Waals surface area contributed by atoms with Crippen LogP contribution in [-0.4, -0.2) is 21.8 Å². The van der Waals surface area contributed by atoms with E-state index in [0.29, 0.717) is 17.3 Å². The summed E-state index contributed by atoms with van der Waals surface area (Å²) in [5.41, 5.74) is 8.17. The molecule has 0 radical (unpaired) electrons. The minimum Gasteiger partial charge on any atom is -0.479 e. The highest BCUT2D eigenvalue weighted by Crippen LogP contribution is 2.37. The van der Waals surface area contributed by atoms with Gasteiger partial charge in [0.1, 0.15) is 5.75 Å². The van der Waals surface area contributed by atoms with Gasteiger partial charge in [0.05, 0.1) is 15.9 Å². The Morgan fingerprint density at radius 1 is 1.50 bits per heavy atom. The maximum Gasteiger partial charge on any atom is 0.265 e. The van der Waals surface area contributed by atoms with E-state index in [1.165, 1.54) is 0 Å². The van der Waals surface area contributed by atoms with Crippen molar-refractivity contribution in [3.05, 3.63) is 22.7 Å². The number of hydrogen-bond donors (Lipinski definition) is 2. The molecule has 2 aromatic rings. The summed E-state index contributed by atoms with van der Waals surface area (Å²) in [5, 5.41) is 6.98. The van der Waals surface area contributed by atoms with Gasteiger partial charge in [0.25, 0.3) is 5.91 Å². The predicted molar refractivity (Wildman–Crippen MR) is 79.5 cm³/mol. The zero-order valence-electron chi connectivity index (χ0n) is 11.0. The molecule has 6 nitrogen and oxygen atoms in total. The van der Waals surface area contributed by atoms with Crippen molar-refractivity contribution in [1.82, 2.24) is 9.78 Å². The van der Waals surface area contributed by atoms with Gasteiger partial charge < -0.3 is 15.8 Å². The van der Waals surface area contributed by atoms with Crippen LogP contribution in [-0.2, 0) is 11.8 Å². The lowest BCUT2D eigenvalue weighted by molar-refractivity contribution is -0.122. The number of carbonyl (C=O) groups excluding carboxylic acids is 1. The van der Waals surface area contributed by atoms with Crippen LogP contribution in [0.3, 0.4) is 0 Å². The topological polar surface area (TPSA) is 82.2 Å². The number of hydrogen-bond acceptors (Lipinski definition) is 4. The molecule has 1 aliphatic heterocycles. The fourth-order valence-electron chi connectivity index (χ4n) is 2.19. The second kappa shape index (κ2) is 4.52. The third-order valence-corrected chi connectivity index (χ3v) is 3.98. The summed E-state index contributed by atoms with van der Waals surface area (Å²) in [6, 6.07) is 5.58. The van der Waals surface area contributed by atoms with E-state index in [4.69, 9.17) is 10.5 Å². The summed E-state index contributed by atoms with van der Waals surface area (Å²) < 4.78 is 7.95. The number of rotatable bonds is 1. The van der Waals surface area contributed by atoms with Gasteiger partial charge in [-0.05, 0) is 41.1 Å². The molecule has 1 atom stereocenters. The Labute approximate surface area is 124 Å². The van der Waals surface area contributed by atoms with Gasteiger partial charge in [0.2, 0.25) is 0 Å². The average Bonchev–Trinajstić information content (AvgIpc) is 2.64. The summed E-state index contributed by atoms with van der Waals surface area (Å²) in [6.07, 6.45) is -0.479. The van der Waals surface area contributed by atoms with Crippen molar-refractivity contribution in [3.8, 4) is 17.0 Å². The van der Waals surface area contributed by atoms with Gasteiger partial charge in [-0.3, -0.25) is 9.48 Å². The first-order chi connectivity index (χ1) is 9.47. The summed E-state index contributed by atoms with van der Waals surface area (Å²) in [4.78, 5) is 11.7. The summed E-state index contributed by atoms with van der Waals surface area (Å²) >= 11 is 3.43. The normalized spacial score (nSPS) is 17.4. The van der Waals surface area contributed by atoms with E-state index >= 15 is 0 Å². The van der Waals surface area contributed by atoms with E-state index in [9.17, 15) is 4.79 Å². The molecule has 2 heterocycles. The molecule has 0 saturated carbocycles. The molecule has 20 heavy (non-hydrogen) atoms. The Kier molecular flexibility index (Phi) is 2.93. The smallest absolute Gasteiger partial charge is 0.265 e. The number of aromatic nitrogens is 2. The number of carbonyl (C=O) groups is 1. The van der Waals surface area contributed by atoms with Crippen LogP contribution >= 0.6 is 15.9 Å². The molecule has 7 heteroatoms. The van der Waals surface area contributed by atoms with Gasteiger partial charge in [-0.1, -0.05) is 0 Å². The first-order valence-corrected chi connectivity index (χ1v) is 6.86. The Hall–Kier alpha value is -2.02. The second-order valence-electron chi connectivity index (χ2n) is 4.63. The van der Waals surface area contributed by atoms with E-state index in [-0.39, 0.29) is 5.91 Å². The van der Waals surface area contributed by atoms with Crippen LogP contribution in [0.2, 0.25) is 0 Å². The Balaban J connectivity index is 2.09. The third kappa shape index (κ3) is 1.94. The van der Waals surface area contributed by atoms with Gasteiger partial charge in [0.15, 0.2) is 11.9 Å². The maximum absolute atomic E-state index is 11.7. The lowest BCUT2D eigenvalue weighted by atomic mass is 10.1. The van der Waals surface area contributed by atoms with Crippen molar-refractivity contribution in [2.45, 2.75) is 13.0 Å². The molecule has 0 fully saturated rings. The van der Waals surface area contributed by atoms with Crippen LogP contribution in [0.4, 0.5) is 11.5 Å². The Morgan fingerprint density at radius 2 is 2.25 bits per heavy atom. The van der Waals surface area contributed by atoms with Crippen LogP contribution in [0.25, 0.3) is 11.3 Å². The molecule has 3 N–H and O–H groups in total. The molecule has 0 spiro atoms. The number of halogens is 1. The standard InChI is InChI=1S/C13H13BrN4O2/c1-6-13(19)16-8-5-7(3-4-9(8)20-6)11-10(14)12(15)17-18(11)2/h3-6H,1-2H3,(H2,15,17)(H,16,19).